The van der Waals surface area contributed by atoms with Crippen molar-refractivity contribution in [2.24, 2.45) is 11.7 Å². The van der Waals surface area contributed by atoms with Crippen LogP contribution >= 0.6 is 0 Å². The fraction of sp³-hybridized carbons (Fsp3) is 0.548. The van der Waals surface area contributed by atoms with Crippen molar-refractivity contribution in [3.63, 3.8) is 0 Å². The molecule has 0 bridgehead atoms. The highest BCUT2D eigenvalue weighted by Crippen LogP contribution is 2.28. The van der Waals surface area contributed by atoms with E-state index in [2.05, 4.69) is 4.90 Å². The van der Waals surface area contributed by atoms with Crippen LogP contribution in [0.25, 0.3) is 11.1 Å². The van der Waals surface area contributed by atoms with E-state index in [1.807, 2.05) is 13.8 Å². The molecule has 3 N–H and O–H groups in total. The number of likely N-dealkylation sites (N-methyl/N-ethyl adjacent to an activating group) is 1. The first kappa shape index (κ1) is 31.5. The first-order valence-electron chi connectivity index (χ1n) is 14.3. The number of amides is 2. The molecule has 220 valence electrons. The van der Waals surface area contributed by atoms with Gasteiger partial charge in [-0.3, -0.25) is 9.59 Å². The zero-order chi connectivity index (χ0) is 29.3. The van der Waals surface area contributed by atoms with Crippen molar-refractivity contribution < 1.29 is 28.2 Å². The number of carbonyl (C=O) groups is 2. The monoisotopic (exact) mass is 559 g/mol. The normalized spacial score (nSPS) is 15.6. The van der Waals surface area contributed by atoms with Gasteiger partial charge in [0.05, 0.1) is 6.61 Å². The summed E-state index contributed by atoms with van der Waals surface area (Å²) < 4.78 is 35.8. The van der Waals surface area contributed by atoms with Gasteiger partial charge in [-0.15, -0.1) is 0 Å². The lowest BCUT2D eigenvalue weighted by Crippen LogP contribution is -2.48. The van der Waals surface area contributed by atoms with Crippen molar-refractivity contribution in [2.75, 3.05) is 39.4 Å². The van der Waals surface area contributed by atoms with E-state index in [0.29, 0.717) is 48.8 Å². The lowest BCUT2D eigenvalue weighted by Gasteiger charge is -2.36. The van der Waals surface area contributed by atoms with E-state index in [1.54, 1.807) is 31.2 Å². The van der Waals surface area contributed by atoms with E-state index in [1.165, 1.54) is 17.0 Å². The molecule has 0 radical (unpaired) electrons. The molecule has 9 heteroatoms. The summed E-state index contributed by atoms with van der Waals surface area (Å²) in [6, 6.07) is 10.4. The molecule has 0 aliphatic carbocycles. The van der Waals surface area contributed by atoms with Gasteiger partial charge in [-0.25, -0.2) is 8.78 Å². The Morgan fingerprint density at radius 2 is 1.77 bits per heavy atom. The molecular weight excluding hydrogens is 516 g/mol. The third-order valence-corrected chi connectivity index (χ3v) is 8.06. The third-order valence-electron chi connectivity index (χ3n) is 8.06. The molecule has 0 saturated carbocycles. The van der Waals surface area contributed by atoms with Crippen LogP contribution in [0.15, 0.2) is 42.5 Å². The third kappa shape index (κ3) is 8.01. The highest BCUT2D eigenvalue weighted by atomic mass is 19.1. The van der Waals surface area contributed by atoms with Gasteiger partial charge in [0.15, 0.2) is 0 Å². The second kappa shape index (κ2) is 14.6. The first-order chi connectivity index (χ1) is 19.1. The van der Waals surface area contributed by atoms with Gasteiger partial charge in [-0.2, -0.15) is 0 Å². The van der Waals surface area contributed by atoms with E-state index in [9.17, 15) is 19.1 Å². The number of hydrogen-bond donors (Lipinski definition) is 2. The van der Waals surface area contributed by atoms with Crippen molar-refractivity contribution in [3.05, 3.63) is 53.8 Å². The maximum absolute atomic E-state index is 15.1. The summed E-state index contributed by atoms with van der Waals surface area (Å²) in [5.41, 5.74) is 5.38. The van der Waals surface area contributed by atoms with Crippen LogP contribution in [-0.4, -0.2) is 77.8 Å². The summed E-state index contributed by atoms with van der Waals surface area (Å²) in [5.74, 6) is -0.716. The number of hydrogen-bond acceptors (Lipinski definition) is 5. The number of rotatable bonds is 14. The van der Waals surface area contributed by atoms with Gasteiger partial charge >= 0.3 is 0 Å². The van der Waals surface area contributed by atoms with Gasteiger partial charge in [0, 0.05) is 30.8 Å². The highest BCUT2D eigenvalue weighted by molar-refractivity contribution is 5.97. The summed E-state index contributed by atoms with van der Waals surface area (Å²) in [6.07, 6.45) is 3.02. The Labute approximate surface area is 236 Å². The predicted octanol–water partition coefficient (Wildman–Crippen LogP) is 4.81. The number of primary amides is 1. The molecule has 3 rings (SSSR count). The second-order valence-corrected chi connectivity index (χ2v) is 10.6. The van der Waals surface area contributed by atoms with E-state index >= 15 is 4.39 Å². The standard InChI is InChI=1S/C31H43F2N3O4/c1-4-31(33,5-2)21-35-16-13-22(14-17-35)20-40-25-10-7-23(8-11-25)26-12-9-24(19-27(26)32)30(39)36(6-3)28(15-18-37)29(34)38/h7-12,19,22,28,37H,4-6,13-18,20-21H2,1-3H3,(H2,34,38)/t28-/m1/s1. The fourth-order valence-electron chi connectivity index (χ4n) is 5.26. The van der Waals surface area contributed by atoms with E-state index in [-0.39, 0.29) is 25.1 Å². The van der Waals surface area contributed by atoms with Crippen molar-refractivity contribution >= 4 is 11.8 Å². The molecule has 1 heterocycles. The Morgan fingerprint density at radius 1 is 1.12 bits per heavy atom. The number of piperidine rings is 1. The lowest BCUT2D eigenvalue weighted by molar-refractivity contribution is -0.123. The molecule has 2 aromatic carbocycles. The molecule has 1 saturated heterocycles. The van der Waals surface area contributed by atoms with Crippen LogP contribution in [-0.2, 0) is 4.79 Å². The van der Waals surface area contributed by atoms with Crippen molar-refractivity contribution in [2.45, 2.75) is 64.6 Å². The number of aliphatic hydroxyl groups is 1. The largest absolute Gasteiger partial charge is 0.493 e. The van der Waals surface area contributed by atoms with Gasteiger partial charge < -0.3 is 25.4 Å². The lowest BCUT2D eigenvalue weighted by atomic mass is 9.94. The molecule has 2 amide bonds. The molecule has 0 unspecified atom stereocenters. The molecule has 1 fully saturated rings. The molecule has 1 atom stereocenters. The smallest absolute Gasteiger partial charge is 0.254 e. The molecule has 40 heavy (non-hydrogen) atoms. The molecule has 1 aliphatic rings. The van der Waals surface area contributed by atoms with E-state index in [4.69, 9.17) is 10.5 Å². The summed E-state index contributed by atoms with van der Waals surface area (Å²) in [4.78, 5) is 28.2. The number of benzene rings is 2. The zero-order valence-corrected chi connectivity index (χ0v) is 23.9. The summed E-state index contributed by atoms with van der Waals surface area (Å²) in [7, 11) is 0. The highest BCUT2D eigenvalue weighted by Gasteiger charge is 2.31. The SMILES string of the molecule is CCN(C(=O)c1ccc(-c2ccc(OCC3CCN(CC(F)(CC)CC)CC3)cc2)c(F)c1)[C@H](CCO)C(N)=O. The van der Waals surface area contributed by atoms with Crippen molar-refractivity contribution in [1.29, 1.82) is 0 Å². The number of halogens is 2. The minimum atomic E-state index is -1.11. The van der Waals surface area contributed by atoms with Crippen LogP contribution in [0.2, 0.25) is 0 Å². The Morgan fingerprint density at radius 3 is 2.30 bits per heavy atom. The molecule has 7 nitrogen and oxygen atoms in total. The zero-order valence-electron chi connectivity index (χ0n) is 23.9. The first-order valence-corrected chi connectivity index (χ1v) is 14.3. The average molecular weight is 560 g/mol. The van der Waals surface area contributed by atoms with Crippen LogP contribution in [0.4, 0.5) is 8.78 Å². The molecule has 1 aliphatic heterocycles. The number of nitrogens with zero attached hydrogens (tertiary/aromatic N) is 2. The minimum absolute atomic E-state index is 0.0147. The summed E-state index contributed by atoms with van der Waals surface area (Å²) >= 11 is 0. The van der Waals surface area contributed by atoms with Crippen LogP contribution in [0.3, 0.4) is 0 Å². The molecular formula is C31H43F2N3O4. The van der Waals surface area contributed by atoms with E-state index < -0.39 is 29.3 Å². The van der Waals surface area contributed by atoms with Gasteiger partial charge in [0.2, 0.25) is 5.91 Å². The summed E-state index contributed by atoms with van der Waals surface area (Å²) in [5, 5.41) is 9.24. The van der Waals surface area contributed by atoms with Crippen LogP contribution in [0.5, 0.6) is 5.75 Å². The van der Waals surface area contributed by atoms with Crippen LogP contribution < -0.4 is 10.5 Å². The van der Waals surface area contributed by atoms with Gasteiger partial charge in [0.25, 0.3) is 5.91 Å². The maximum atomic E-state index is 15.1. The Kier molecular flexibility index (Phi) is 11.5. The van der Waals surface area contributed by atoms with Gasteiger partial charge in [-0.05, 0) is 87.9 Å². The quantitative estimate of drug-likeness (QED) is 0.346. The molecule has 0 aromatic heterocycles. The summed E-state index contributed by atoms with van der Waals surface area (Å²) in [6.45, 7) is 8.21. The Balaban J connectivity index is 1.57. The number of alkyl halides is 1. The number of nitrogens with two attached hydrogens (primary N) is 1. The Bertz CT molecular complexity index is 1120. The number of carbonyl (C=O) groups excluding carboxylic acids is 2. The Hall–Kier alpha value is -3.04. The van der Waals surface area contributed by atoms with Crippen molar-refractivity contribution in [3.8, 4) is 16.9 Å². The predicted molar refractivity (Wildman–Crippen MR) is 152 cm³/mol. The average Bonchev–Trinajstić information content (AvgIpc) is 2.96. The van der Waals surface area contributed by atoms with Crippen molar-refractivity contribution in [1.82, 2.24) is 9.80 Å². The number of likely N-dealkylation sites (tertiary alicyclic amines) is 1. The minimum Gasteiger partial charge on any atom is -0.493 e. The second-order valence-electron chi connectivity index (χ2n) is 10.6. The van der Waals surface area contributed by atoms with Gasteiger partial charge in [0.1, 0.15) is 23.3 Å². The number of aliphatic hydroxyl groups excluding tert-OH is 1. The van der Waals surface area contributed by atoms with Gasteiger partial charge in [-0.1, -0.05) is 32.0 Å². The molecule has 0 spiro atoms. The number of ether oxygens (including phenoxy) is 1. The topological polar surface area (TPSA) is 96.1 Å². The van der Waals surface area contributed by atoms with Crippen LogP contribution in [0.1, 0.15) is 63.2 Å². The maximum Gasteiger partial charge on any atom is 0.254 e. The fourth-order valence-corrected chi connectivity index (χ4v) is 5.26. The molecule has 2 aromatic rings. The van der Waals surface area contributed by atoms with E-state index in [0.717, 1.165) is 32.0 Å². The van der Waals surface area contributed by atoms with Crippen LogP contribution in [0, 0.1) is 11.7 Å².